The zero-order valence-electron chi connectivity index (χ0n) is 11.7. The third kappa shape index (κ3) is 3.88. The van der Waals surface area contributed by atoms with Gasteiger partial charge in [0.05, 0.1) is 5.25 Å². The van der Waals surface area contributed by atoms with E-state index in [1.54, 1.807) is 27.8 Å². The van der Waals surface area contributed by atoms with Gasteiger partial charge in [-0.3, -0.25) is 19.3 Å². The van der Waals surface area contributed by atoms with Crippen molar-refractivity contribution in [3.8, 4) is 0 Å². The van der Waals surface area contributed by atoms with Gasteiger partial charge in [-0.1, -0.05) is 21.6 Å². The lowest BCUT2D eigenvalue weighted by Crippen LogP contribution is -2.55. The first-order chi connectivity index (χ1) is 10.1. The van der Waals surface area contributed by atoms with E-state index in [2.05, 4.69) is 5.32 Å². The van der Waals surface area contributed by atoms with Crippen LogP contribution in [0.3, 0.4) is 0 Å². The first kappa shape index (κ1) is 17.0. The lowest BCUT2D eigenvalue weighted by Gasteiger charge is -2.28. The van der Waals surface area contributed by atoms with Crippen molar-refractivity contribution in [1.29, 1.82) is 0 Å². The van der Waals surface area contributed by atoms with Crippen molar-refractivity contribution in [3.05, 3.63) is 0 Å². The number of likely N-dealkylation sites (tertiary alicyclic amines) is 1. The van der Waals surface area contributed by atoms with Crippen molar-refractivity contribution in [2.24, 2.45) is 5.73 Å². The molecule has 2 rings (SSSR count). The topological polar surface area (TPSA) is 92.5 Å². The summed E-state index contributed by atoms with van der Waals surface area (Å²) in [6.45, 7) is -0.0426. The van der Waals surface area contributed by atoms with Crippen LogP contribution in [-0.2, 0) is 14.4 Å². The summed E-state index contributed by atoms with van der Waals surface area (Å²) in [6.07, 6.45) is 2.84. The van der Waals surface area contributed by atoms with Crippen LogP contribution in [0, 0.1) is 0 Å². The molecule has 3 atom stereocenters. The summed E-state index contributed by atoms with van der Waals surface area (Å²) in [7, 11) is 3.51. The van der Waals surface area contributed by atoms with Crippen LogP contribution >= 0.6 is 33.3 Å². The molecule has 3 amide bonds. The molecule has 0 aliphatic carbocycles. The third-order valence-corrected chi connectivity index (χ3v) is 6.97. The number of nitrogens with zero attached hydrogens (tertiary/aromatic N) is 1. The van der Waals surface area contributed by atoms with Gasteiger partial charge in [0, 0.05) is 30.5 Å². The number of thioether (sulfide) groups is 1. The maximum absolute atomic E-state index is 12.4. The molecule has 2 saturated heterocycles. The predicted octanol–water partition coefficient (Wildman–Crippen LogP) is 0.0741. The highest BCUT2D eigenvalue weighted by Crippen LogP contribution is 2.29. The number of hydrogen-bond donors (Lipinski definition) is 2. The van der Waals surface area contributed by atoms with Crippen LogP contribution in [0.2, 0.25) is 0 Å². The molecule has 118 valence electrons. The lowest BCUT2D eigenvalue weighted by atomic mass is 10.2. The summed E-state index contributed by atoms with van der Waals surface area (Å²) in [5.74, 6) is 0.894. The highest BCUT2D eigenvalue weighted by Gasteiger charge is 2.44. The molecule has 6 nitrogen and oxygen atoms in total. The minimum absolute atomic E-state index is 0.0426. The molecule has 0 bridgehead atoms. The van der Waals surface area contributed by atoms with Crippen molar-refractivity contribution in [3.63, 3.8) is 0 Å². The molecule has 0 aromatic carbocycles. The van der Waals surface area contributed by atoms with Gasteiger partial charge in [-0.2, -0.15) is 11.8 Å². The quantitative estimate of drug-likeness (QED) is 0.536. The second-order valence-corrected chi connectivity index (χ2v) is 8.55. The predicted molar refractivity (Wildman–Crippen MR) is 88.1 cm³/mol. The Morgan fingerprint density at radius 1 is 1.52 bits per heavy atom. The maximum atomic E-state index is 12.4. The van der Waals surface area contributed by atoms with Crippen LogP contribution in [0.1, 0.15) is 12.8 Å². The summed E-state index contributed by atoms with van der Waals surface area (Å²) in [4.78, 5) is 37.6. The number of amides is 3. The zero-order valence-corrected chi connectivity index (χ0v) is 14.2. The van der Waals surface area contributed by atoms with E-state index in [1.165, 1.54) is 11.8 Å². The molecule has 0 aromatic rings. The second kappa shape index (κ2) is 7.75. The number of carbonyl (C=O) groups is 3. The Balaban J connectivity index is 2.02. The van der Waals surface area contributed by atoms with Crippen LogP contribution in [0.25, 0.3) is 0 Å². The van der Waals surface area contributed by atoms with Crippen LogP contribution in [-0.4, -0.2) is 64.3 Å². The van der Waals surface area contributed by atoms with Crippen LogP contribution in [0.5, 0.6) is 0 Å². The van der Waals surface area contributed by atoms with Gasteiger partial charge in [0.1, 0.15) is 6.04 Å². The van der Waals surface area contributed by atoms with Crippen molar-refractivity contribution in [2.45, 2.75) is 30.2 Å². The first-order valence-corrected chi connectivity index (χ1v) is 10.5. The van der Waals surface area contributed by atoms with E-state index in [0.717, 1.165) is 22.8 Å². The number of nitrogens with two attached hydrogens (primary N) is 1. The van der Waals surface area contributed by atoms with E-state index in [9.17, 15) is 14.4 Å². The Hall–Kier alpha value is -0.380. The largest absolute Gasteiger partial charge is 0.351 e. The molecule has 0 saturated carbocycles. The molecule has 2 aliphatic rings. The normalized spacial score (nSPS) is 27.8. The minimum atomic E-state index is -0.887. The summed E-state index contributed by atoms with van der Waals surface area (Å²) < 4.78 is 0. The van der Waals surface area contributed by atoms with Crippen LogP contribution < -0.4 is 11.1 Å². The number of nitrogens with one attached hydrogen (secondary N) is 1. The van der Waals surface area contributed by atoms with Gasteiger partial charge >= 0.3 is 0 Å². The van der Waals surface area contributed by atoms with E-state index in [0.29, 0.717) is 0 Å². The maximum Gasteiger partial charge on any atom is 0.244 e. The molecule has 0 spiro atoms. The molecule has 2 unspecified atom stereocenters. The van der Waals surface area contributed by atoms with Gasteiger partial charge in [0.2, 0.25) is 17.7 Å². The van der Waals surface area contributed by atoms with Crippen LogP contribution in [0.4, 0.5) is 0 Å². The first-order valence-electron chi connectivity index (χ1n) is 6.72. The van der Waals surface area contributed by atoms with Gasteiger partial charge < -0.3 is 11.1 Å². The standard InChI is InChI=1S/C12H19N3O3S3/c1-19-9-4-10(16)15(12(9)18)8(5-13)11(17)14-7-2-3-20-21-6-7/h7-9H,2-6,13H2,1H3,(H,14,17)/t7?,8-,9?/m0/s1. The monoisotopic (exact) mass is 349 g/mol. The van der Waals surface area contributed by atoms with E-state index in [1.807, 2.05) is 0 Å². The van der Waals surface area contributed by atoms with Crippen molar-refractivity contribution in [1.82, 2.24) is 10.2 Å². The Morgan fingerprint density at radius 3 is 2.81 bits per heavy atom. The Morgan fingerprint density at radius 2 is 2.29 bits per heavy atom. The highest BCUT2D eigenvalue weighted by atomic mass is 33.1. The zero-order chi connectivity index (χ0) is 15.4. The van der Waals surface area contributed by atoms with E-state index in [4.69, 9.17) is 5.73 Å². The number of hydrogen-bond acceptors (Lipinski definition) is 7. The Bertz CT molecular complexity index is 429. The molecule has 21 heavy (non-hydrogen) atoms. The van der Waals surface area contributed by atoms with E-state index < -0.39 is 6.04 Å². The van der Waals surface area contributed by atoms with E-state index in [-0.39, 0.29) is 42.0 Å². The summed E-state index contributed by atoms with van der Waals surface area (Å²) >= 11 is 1.33. The lowest BCUT2D eigenvalue weighted by molar-refractivity contribution is -0.146. The highest BCUT2D eigenvalue weighted by molar-refractivity contribution is 8.76. The minimum Gasteiger partial charge on any atom is -0.351 e. The fourth-order valence-corrected chi connectivity index (χ4v) is 5.39. The summed E-state index contributed by atoms with van der Waals surface area (Å²) in [5, 5.41) is 2.53. The fraction of sp³-hybridized carbons (Fsp3) is 0.750. The number of rotatable bonds is 5. The Kier molecular flexibility index (Phi) is 6.27. The summed E-state index contributed by atoms with van der Waals surface area (Å²) in [6, 6.07) is -0.802. The molecule has 2 aliphatic heterocycles. The Labute approximate surface area is 136 Å². The van der Waals surface area contributed by atoms with Crippen LogP contribution in [0.15, 0.2) is 0 Å². The summed E-state index contributed by atoms with van der Waals surface area (Å²) in [5.41, 5.74) is 5.65. The van der Waals surface area contributed by atoms with E-state index >= 15 is 0 Å². The average molecular weight is 350 g/mol. The van der Waals surface area contributed by atoms with Gasteiger partial charge in [-0.15, -0.1) is 0 Å². The van der Waals surface area contributed by atoms with Gasteiger partial charge in [-0.05, 0) is 12.7 Å². The SMILES string of the molecule is CSC1CC(=O)N([C@@H](CN)C(=O)NC2CCSSC2)C1=O. The molecule has 0 aromatic heterocycles. The molecule has 3 N–H and O–H groups in total. The van der Waals surface area contributed by atoms with Gasteiger partial charge in [0.25, 0.3) is 0 Å². The van der Waals surface area contributed by atoms with Gasteiger partial charge in [0.15, 0.2) is 0 Å². The molecular weight excluding hydrogens is 330 g/mol. The van der Waals surface area contributed by atoms with Crippen molar-refractivity contribution in [2.75, 3.05) is 24.3 Å². The molecule has 9 heteroatoms. The third-order valence-electron chi connectivity index (χ3n) is 3.51. The van der Waals surface area contributed by atoms with Gasteiger partial charge in [-0.25, -0.2) is 0 Å². The average Bonchev–Trinajstić information content (AvgIpc) is 2.77. The fourth-order valence-electron chi connectivity index (χ4n) is 2.34. The molecule has 0 radical (unpaired) electrons. The molecular formula is C12H19N3O3S3. The number of carbonyl (C=O) groups excluding carboxylic acids is 3. The van der Waals surface area contributed by atoms with Crippen molar-refractivity contribution < 1.29 is 14.4 Å². The van der Waals surface area contributed by atoms with Crippen molar-refractivity contribution >= 4 is 51.1 Å². The molecule has 2 fully saturated rings. The molecule has 2 heterocycles. The number of imide groups is 1. The smallest absolute Gasteiger partial charge is 0.244 e. The second-order valence-electron chi connectivity index (χ2n) is 4.88.